The van der Waals surface area contributed by atoms with Crippen LogP contribution in [-0.4, -0.2) is 18.0 Å². The van der Waals surface area contributed by atoms with Crippen molar-refractivity contribution in [2.45, 2.75) is 32.7 Å². The molecule has 1 heterocycles. The van der Waals surface area contributed by atoms with Gasteiger partial charge in [-0.1, -0.05) is 12.1 Å². The molecule has 0 aliphatic heterocycles. The van der Waals surface area contributed by atoms with E-state index in [1.807, 2.05) is 24.3 Å². The molecule has 0 saturated carbocycles. The van der Waals surface area contributed by atoms with Gasteiger partial charge >= 0.3 is 0 Å². The minimum Gasteiger partial charge on any atom is -0.497 e. The summed E-state index contributed by atoms with van der Waals surface area (Å²) in [5.74, 6) is 0.796. The van der Waals surface area contributed by atoms with Gasteiger partial charge in [0.1, 0.15) is 12.3 Å². The average molecular weight is 299 g/mol. The third kappa shape index (κ3) is 4.32. The Kier molecular flexibility index (Phi) is 5.95. The summed E-state index contributed by atoms with van der Waals surface area (Å²) in [6.45, 7) is 3.19. The number of methoxy groups -OCH3 is 1. The first-order valence-electron chi connectivity index (χ1n) is 7.60. The molecule has 4 nitrogen and oxygen atoms in total. The standard InChI is InChI=1S/C18H22N2O2/c1-3-12-20-13-4-5-15(14-20)6-11-18(19-21)16-7-9-17(22-2)10-8-16/h4-5,7-10,13-14H,3,6,11-12H2,1-2H3/p+1. The fourth-order valence-corrected chi connectivity index (χ4v) is 2.42. The van der Waals surface area contributed by atoms with Crippen LogP contribution < -0.4 is 9.30 Å². The fourth-order valence-electron chi connectivity index (χ4n) is 2.42. The molecule has 0 spiro atoms. The molecule has 0 atom stereocenters. The molecule has 116 valence electrons. The van der Waals surface area contributed by atoms with E-state index in [1.54, 1.807) is 7.11 Å². The predicted octanol–water partition coefficient (Wildman–Crippen LogP) is 3.20. The highest BCUT2D eigenvalue weighted by Crippen LogP contribution is 2.14. The van der Waals surface area contributed by atoms with Crippen LogP contribution in [0.5, 0.6) is 5.75 Å². The van der Waals surface area contributed by atoms with Crippen molar-refractivity contribution in [3.8, 4) is 5.75 Å². The second kappa shape index (κ2) is 8.17. The topological polar surface area (TPSA) is 45.7 Å². The lowest BCUT2D eigenvalue weighted by Crippen LogP contribution is -2.32. The summed E-state index contributed by atoms with van der Waals surface area (Å²) in [7, 11) is 1.64. The number of hydrogen-bond donors (Lipinski definition) is 1. The zero-order chi connectivity index (χ0) is 15.8. The third-order valence-electron chi connectivity index (χ3n) is 3.60. The van der Waals surface area contributed by atoms with E-state index < -0.39 is 0 Å². The molecule has 4 heteroatoms. The van der Waals surface area contributed by atoms with Crippen molar-refractivity contribution in [2.75, 3.05) is 7.11 Å². The quantitative estimate of drug-likeness (QED) is 0.369. The Labute approximate surface area is 131 Å². The summed E-state index contributed by atoms with van der Waals surface area (Å²) < 4.78 is 7.34. The first kappa shape index (κ1) is 16.0. The van der Waals surface area contributed by atoms with E-state index in [1.165, 1.54) is 5.56 Å². The molecule has 0 aliphatic carbocycles. The summed E-state index contributed by atoms with van der Waals surface area (Å²) in [5.41, 5.74) is 2.85. The lowest BCUT2D eigenvalue weighted by atomic mass is 10.0. The van der Waals surface area contributed by atoms with Crippen LogP contribution in [0, 0.1) is 0 Å². The van der Waals surface area contributed by atoms with Gasteiger partial charge in [-0.05, 0) is 48.7 Å². The van der Waals surface area contributed by atoms with Crippen molar-refractivity contribution in [1.29, 1.82) is 0 Å². The van der Waals surface area contributed by atoms with Crippen LogP contribution in [0.15, 0.2) is 53.9 Å². The van der Waals surface area contributed by atoms with Crippen LogP contribution in [0.4, 0.5) is 0 Å². The summed E-state index contributed by atoms with van der Waals surface area (Å²) in [6.07, 6.45) is 6.89. The largest absolute Gasteiger partial charge is 0.497 e. The molecule has 0 bridgehead atoms. The lowest BCUT2D eigenvalue weighted by molar-refractivity contribution is -0.697. The zero-order valence-electron chi connectivity index (χ0n) is 13.2. The molecular formula is C18H23N2O2+. The van der Waals surface area contributed by atoms with Crippen LogP contribution in [0.1, 0.15) is 30.9 Å². The smallest absolute Gasteiger partial charge is 0.171 e. The van der Waals surface area contributed by atoms with Crippen LogP contribution in [0.25, 0.3) is 0 Å². The Bertz CT molecular complexity index is 621. The van der Waals surface area contributed by atoms with Crippen molar-refractivity contribution in [3.05, 3.63) is 59.9 Å². The number of rotatable bonds is 7. The summed E-state index contributed by atoms with van der Waals surface area (Å²) in [6, 6.07) is 11.7. The van der Waals surface area contributed by atoms with Gasteiger partial charge in [-0.25, -0.2) is 4.57 Å². The lowest BCUT2D eigenvalue weighted by Gasteiger charge is -2.06. The number of hydrogen-bond acceptors (Lipinski definition) is 3. The highest BCUT2D eigenvalue weighted by molar-refractivity contribution is 6.00. The van der Waals surface area contributed by atoms with Crippen molar-refractivity contribution in [3.63, 3.8) is 0 Å². The van der Waals surface area contributed by atoms with E-state index in [-0.39, 0.29) is 0 Å². The number of ether oxygens (including phenoxy) is 1. The summed E-state index contributed by atoms with van der Waals surface area (Å²) in [5, 5.41) is 12.7. The van der Waals surface area contributed by atoms with E-state index in [2.05, 4.69) is 41.2 Å². The van der Waals surface area contributed by atoms with E-state index in [9.17, 15) is 5.21 Å². The Morgan fingerprint density at radius 2 is 2.00 bits per heavy atom. The first-order chi connectivity index (χ1) is 10.8. The molecule has 2 aromatic rings. The van der Waals surface area contributed by atoms with Gasteiger partial charge in [-0.2, -0.15) is 0 Å². The molecule has 0 saturated heterocycles. The average Bonchev–Trinajstić information content (AvgIpc) is 2.57. The fraction of sp³-hybridized carbons (Fsp3) is 0.333. The van der Waals surface area contributed by atoms with Crippen LogP contribution in [0.3, 0.4) is 0 Å². The third-order valence-corrected chi connectivity index (χ3v) is 3.60. The van der Waals surface area contributed by atoms with Gasteiger partial charge in [-0.3, -0.25) is 0 Å². The van der Waals surface area contributed by atoms with E-state index in [0.29, 0.717) is 12.1 Å². The van der Waals surface area contributed by atoms with Crippen molar-refractivity contribution < 1.29 is 14.5 Å². The summed E-state index contributed by atoms with van der Waals surface area (Å²) >= 11 is 0. The molecule has 0 aliphatic rings. The minimum absolute atomic E-state index is 0.688. The molecule has 2 rings (SSSR count). The SMILES string of the molecule is CCC[n+]1cccc(CCC(=NO)c2ccc(OC)cc2)c1. The minimum atomic E-state index is 0.688. The van der Waals surface area contributed by atoms with Gasteiger partial charge in [0.2, 0.25) is 0 Å². The Hall–Kier alpha value is -2.36. The molecular weight excluding hydrogens is 276 g/mol. The van der Waals surface area contributed by atoms with Crippen LogP contribution in [-0.2, 0) is 13.0 Å². The number of aromatic nitrogens is 1. The predicted molar refractivity (Wildman–Crippen MR) is 86.6 cm³/mol. The molecule has 0 radical (unpaired) electrons. The van der Waals surface area contributed by atoms with E-state index in [0.717, 1.165) is 30.7 Å². The molecule has 0 unspecified atom stereocenters. The van der Waals surface area contributed by atoms with Gasteiger partial charge in [-0.15, -0.1) is 0 Å². The second-order valence-corrected chi connectivity index (χ2v) is 5.23. The van der Waals surface area contributed by atoms with Gasteiger partial charge < -0.3 is 9.94 Å². The van der Waals surface area contributed by atoms with E-state index in [4.69, 9.17) is 4.74 Å². The van der Waals surface area contributed by atoms with Crippen molar-refractivity contribution in [2.24, 2.45) is 5.16 Å². The molecule has 1 N–H and O–H groups in total. The Morgan fingerprint density at radius 3 is 2.64 bits per heavy atom. The van der Waals surface area contributed by atoms with Gasteiger partial charge in [0.25, 0.3) is 0 Å². The number of nitrogens with zero attached hydrogens (tertiary/aromatic N) is 2. The summed E-state index contributed by atoms with van der Waals surface area (Å²) in [4.78, 5) is 0. The van der Waals surface area contributed by atoms with Crippen LogP contribution in [0.2, 0.25) is 0 Å². The Balaban J connectivity index is 2.03. The normalized spacial score (nSPS) is 11.5. The van der Waals surface area contributed by atoms with Crippen molar-refractivity contribution in [1.82, 2.24) is 0 Å². The van der Waals surface area contributed by atoms with Gasteiger partial charge in [0, 0.05) is 18.1 Å². The maximum Gasteiger partial charge on any atom is 0.171 e. The number of aryl methyl sites for hydroxylation is 2. The molecule has 1 aromatic heterocycles. The molecule has 0 fully saturated rings. The maximum atomic E-state index is 9.27. The highest BCUT2D eigenvalue weighted by atomic mass is 16.5. The van der Waals surface area contributed by atoms with E-state index >= 15 is 0 Å². The van der Waals surface area contributed by atoms with Crippen LogP contribution >= 0.6 is 0 Å². The second-order valence-electron chi connectivity index (χ2n) is 5.23. The molecule has 1 aromatic carbocycles. The zero-order valence-corrected chi connectivity index (χ0v) is 13.2. The number of oxime groups is 1. The Morgan fingerprint density at radius 1 is 1.23 bits per heavy atom. The monoisotopic (exact) mass is 299 g/mol. The number of benzene rings is 1. The first-order valence-corrected chi connectivity index (χ1v) is 7.60. The number of pyridine rings is 1. The van der Waals surface area contributed by atoms with Crippen molar-refractivity contribution >= 4 is 5.71 Å². The maximum absolute atomic E-state index is 9.27. The van der Waals surface area contributed by atoms with Gasteiger partial charge in [0.15, 0.2) is 12.4 Å². The molecule has 22 heavy (non-hydrogen) atoms. The highest BCUT2D eigenvalue weighted by Gasteiger charge is 2.08. The van der Waals surface area contributed by atoms with Gasteiger partial charge in [0.05, 0.1) is 12.8 Å². The molecule has 0 amide bonds.